The summed E-state index contributed by atoms with van der Waals surface area (Å²) in [5.74, 6) is 2.16. The van der Waals surface area contributed by atoms with Crippen molar-refractivity contribution < 1.29 is 19.1 Å². The molecule has 0 bridgehead atoms. The number of aryl methyl sites for hydroxylation is 1. The highest BCUT2D eigenvalue weighted by Crippen LogP contribution is 2.31. The molecule has 2 saturated heterocycles. The van der Waals surface area contributed by atoms with Crippen molar-refractivity contribution >= 4 is 23.6 Å². The Kier molecular flexibility index (Phi) is 7.56. The second-order valence-corrected chi connectivity index (χ2v) is 9.88. The molecule has 7 heteroatoms. The van der Waals surface area contributed by atoms with E-state index in [1.807, 2.05) is 9.80 Å². The average molecular weight is 447 g/mol. The first-order valence-corrected chi connectivity index (χ1v) is 12.6. The molecule has 170 valence electrons. The van der Waals surface area contributed by atoms with Gasteiger partial charge in [-0.15, -0.1) is 11.8 Å². The van der Waals surface area contributed by atoms with Crippen molar-refractivity contribution in [2.75, 3.05) is 32.4 Å². The highest BCUT2D eigenvalue weighted by atomic mass is 32.2. The van der Waals surface area contributed by atoms with Crippen LogP contribution in [0.4, 0.5) is 0 Å². The SMILES string of the molecule is COC(OC)[C@@H]1CSCN1C(=O)[C@@H]1CCCN1C(=O)CC[C@H]1CCc2ccccc2C1. The summed E-state index contributed by atoms with van der Waals surface area (Å²) in [5, 5.41) is 0. The molecule has 1 aromatic carbocycles. The van der Waals surface area contributed by atoms with E-state index in [1.165, 1.54) is 11.1 Å². The van der Waals surface area contributed by atoms with Gasteiger partial charge < -0.3 is 19.3 Å². The van der Waals surface area contributed by atoms with Crippen molar-refractivity contribution in [1.82, 2.24) is 9.80 Å². The van der Waals surface area contributed by atoms with Gasteiger partial charge in [0.15, 0.2) is 6.29 Å². The molecule has 0 radical (unpaired) electrons. The van der Waals surface area contributed by atoms with Crippen LogP contribution in [0.5, 0.6) is 0 Å². The van der Waals surface area contributed by atoms with Crippen LogP contribution in [-0.2, 0) is 31.9 Å². The number of nitrogens with zero attached hydrogens (tertiary/aromatic N) is 2. The maximum absolute atomic E-state index is 13.4. The zero-order valence-corrected chi connectivity index (χ0v) is 19.4. The Balaban J connectivity index is 1.34. The molecule has 1 aromatic rings. The van der Waals surface area contributed by atoms with E-state index in [4.69, 9.17) is 9.47 Å². The number of carbonyl (C=O) groups excluding carboxylic acids is 2. The van der Waals surface area contributed by atoms with E-state index in [0.717, 1.165) is 44.3 Å². The number of carbonyl (C=O) groups is 2. The van der Waals surface area contributed by atoms with Crippen LogP contribution in [0.25, 0.3) is 0 Å². The van der Waals surface area contributed by atoms with Gasteiger partial charge in [0.1, 0.15) is 6.04 Å². The van der Waals surface area contributed by atoms with Gasteiger partial charge in [-0.25, -0.2) is 0 Å². The Labute approximate surface area is 189 Å². The van der Waals surface area contributed by atoms with E-state index in [9.17, 15) is 9.59 Å². The molecule has 0 spiro atoms. The highest BCUT2D eigenvalue weighted by molar-refractivity contribution is 7.99. The smallest absolute Gasteiger partial charge is 0.246 e. The van der Waals surface area contributed by atoms with Crippen molar-refractivity contribution in [1.29, 1.82) is 0 Å². The van der Waals surface area contributed by atoms with Crippen LogP contribution in [0.3, 0.4) is 0 Å². The van der Waals surface area contributed by atoms with Gasteiger partial charge in [0.2, 0.25) is 11.8 Å². The first-order valence-electron chi connectivity index (χ1n) is 11.4. The van der Waals surface area contributed by atoms with Gasteiger partial charge in [-0.3, -0.25) is 9.59 Å². The molecular formula is C24H34N2O4S. The summed E-state index contributed by atoms with van der Waals surface area (Å²) in [7, 11) is 3.21. The topological polar surface area (TPSA) is 59.1 Å². The largest absolute Gasteiger partial charge is 0.354 e. The Morgan fingerprint density at radius 1 is 1.13 bits per heavy atom. The molecule has 4 rings (SSSR count). The van der Waals surface area contributed by atoms with Crippen molar-refractivity contribution in [3.8, 4) is 0 Å². The minimum atomic E-state index is -0.432. The minimum absolute atomic E-state index is 0.0477. The van der Waals surface area contributed by atoms with Crippen molar-refractivity contribution in [3.05, 3.63) is 35.4 Å². The molecule has 0 aromatic heterocycles. The van der Waals surface area contributed by atoms with Crippen LogP contribution in [0, 0.1) is 5.92 Å². The molecule has 2 aliphatic heterocycles. The van der Waals surface area contributed by atoms with Gasteiger partial charge in [0.25, 0.3) is 0 Å². The Bertz CT molecular complexity index is 785. The van der Waals surface area contributed by atoms with E-state index >= 15 is 0 Å². The molecular weight excluding hydrogens is 412 g/mol. The van der Waals surface area contributed by atoms with Gasteiger partial charge >= 0.3 is 0 Å². The number of amides is 2. The van der Waals surface area contributed by atoms with Crippen LogP contribution >= 0.6 is 11.8 Å². The standard InChI is InChI=1S/C24H34N2O4S/c1-29-24(30-2)21-15-31-16-26(21)23(28)20-8-5-13-25(20)22(27)12-10-17-9-11-18-6-3-4-7-19(18)14-17/h3-4,6-7,17,20-21,24H,5,8-16H2,1-2H3/t17-,20+,21+/m1/s1. The van der Waals surface area contributed by atoms with Gasteiger partial charge in [0, 0.05) is 32.9 Å². The fourth-order valence-corrected chi connectivity index (χ4v) is 6.52. The number of fused-ring (bicyclic) bond motifs is 1. The number of thioether (sulfide) groups is 1. The third kappa shape index (κ3) is 4.94. The van der Waals surface area contributed by atoms with Crippen LogP contribution in [0.15, 0.2) is 24.3 Å². The molecule has 0 N–H and O–H groups in total. The number of rotatable bonds is 7. The summed E-state index contributed by atoms with van der Waals surface area (Å²) in [6.45, 7) is 0.687. The molecule has 0 unspecified atom stereocenters. The van der Waals surface area contributed by atoms with Crippen LogP contribution < -0.4 is 0 Å². The van der Waals surface area contributed by atoms with E-state index in [1.54, 1.807) is 26.0 Å². The lowest BCUT2D eigenvalue weighted by molar-refractivity contribution is -0.160. The van der Waals surface area contributed by atoms with Gasteiger partial charge in [-0.2, -0.15) is 0 Å². The van der Waals surface area contributed by atoms with E-state index in [0.29, 0.717) is 24.8 Å². The van der Waals surface area contributed by atoms with Crippen molar-refractivity contribution in [3.63, 3.8) is 0 Å². The Morgan fingerprint density at radius 2 is 1.90 bits per heavy atom. The molecule has 2 amide bonds. The summed E-state index contributed by atoms with van der Waals surface area (Å²) in [6.07, 6.45) is 5.97. The van der Waals surface area contributed by atoms with E-state index in [2.05, 4.69) is 24.3 Å². The first-order chi connectivity index (χ1) is 15.1. The summed E-state index contributed by atoms with van der Waals surface area (Å²) in [5.41, 5.74) is 2.89. The number of hydrogen-bond acceptors (Lipinski definition) is 5. The molecule has 3 aliphatic rings. The lowest BCUT2D eigenvalue weighted by atomic mass is 9.81. The average Bonchev–Trinajstić information content (AvgIpc) is 3.48. The van der Waals surface area contributed by atoms with Crippen LogP contribution in [0.1, 0.15) is 43.2 Å². The Hall–Kier alpha value is -1.57. The second kappa shape index (κ2) is 10.4. The summed E-state index contributed by atoms with van der Waals surface area (Å²) >= 11 is 1.71. The summed E-state index contributed by atoms with van der Waals surface area (Å²) in [6, 6.07) is 8.21. The lowest BCUT2D eigenvalue weighted by Crippen LogP contribution is -2.53. The molecule has 2 heterocycles. The zero-order valence-electron chi connectivity index (χ0n) is 18.6. The third-order valence-electron chi connectivity index (χ3n) is 7.05. The zero-order chi connectivity index (χ0) is 21.8. The number of methoxy groups -OCH3 is 2. The predicted molar refractivity (Wildman–Crippen MR) is 122 cm³/mol. The molecule has 0 saturated carbocycles. The van der Waals surface area contributed by atoms with Crippen molar-refractivity contribution in [2.45, 2.75) is 63.3 Å². The lowest BCUT2D eigenvalue weighted by Gasteiger charge is -2.33. The van der Waals surface area contributed by atoms with Crippen LogP contribution in [-0.4, -0.2) is 72.4 Å². The number of ether oxygens (including phenoxy) is 2. The maximum atomic E-state index is 13.4. The maximum Gasteiger partial charge on any atom is 0.246 e. The molecule has 2 fully saturated rings. The summed E-state index contributed by atoms with van der Waals surface area (Å²) < 4.78 is 10.8. The minimum Gasteiger partial charge on any atom is -0.354 e. The number of benzene rings is 1. The third-order valence-corrected chi connectivity index (χ3v) is 8.09. The van der Waals surface area contributed by atoms with Gasteiger partial charge in [-0.1, -0.05) is 24.3 Å². The van der Waals surface area contributed by atoms with E-state index < -0.39 is 6.29 Å². The quantitative estimate of drug-likeness (QED) is 0.603. The first kappa shape index (κ1) is 22.6. The predicted octanol–water partition coefficient (Wildman–Crippen LogP) is 3.08. The molecule has 3 atom stereocenters. The molecule has 6 nitrogen and oxygen atoms in total. The van der Waals surface area contributed by atoms with E-state index in [-0.39, 0.29) is 23.9 Å². The number of likely N-dealkylation sites (tertiary alicyclic amines) is 1. The molecule has 1 aliphatic carbocycles. The highest BCUT2D eigenvalue weighted by Gasteiger charge is 2.42. The fourth-order valence-electron chi connectivity index (χ4n) is 5.32. The monoisotopic (exact) mass is 446 g/mol. The summed E-state index contributed by atoms with van der Waals surface area (Å²) in [4.78, 5) is 30.2. The normalized spacial score (nSPS) is 25.8. The van der Waals surface area contributed by atoms with Crippen molar-refractivity contribution in [2.24, 2.45) is 5.92 Å². The number of hydrogen-bond donors (Lipinski definition) is 0. The Morgan fingerprint density at radius 3 is 2.68 bits per heavy atom. The second-order valence-electron chi connectivity index (χ2n) is 8.88. The molecule has 31 heavy (non-hydrogen) atoms. The van der Waals surface area contributed by atoms with Gasteiger partial charge in [0.05, 0.1) is 11.9 Å². The van der Waals surface area contributed by atoms with Gasteiger partial charge in [-0.05, 0) is 55.6 Å². The fraction of sp³-hybridized carbons (Fsp3) is 0.667. The van der Waals surface area contributed by atoms with Crippen LogP contribution in [0.2, 0.25) is 0 Å².